The molecule has 1 unspecified atom stereocenters. The molecule has 0 aromatic rings. The Morgan fingerprint density at radius 2 is 2.55 bits per heavy atom. The Bertz CT molecular complexity index is 152. The minimum atomic E-state index is -0.507. The van der Waals surface area contributed by atoms with Crippen LogP contribution in [0.2, 0.25) is 0 Å². The fraction of sp³-hybridized carbons (Fsp3) is 0.857. The van der Waals surface area contributed by atoms with Gasteiger partial charge in [0.25, 0.3) is 0 Å². The van der Waals surface area contributed by atoms with E-state index in [-0.39, 0.29) is 12.4 Å². The van der Waals surface area contributed by atoms with Gasteiger partial charge in [-0.1, -0.05) is 0 Å². The average Bonchev–Trinajstić information content (AvgIpc) is 2.36. The highest BCUT2D eigenvalue weighted by Gasteiger charge is 2.31. The van der Waals surface area contributed by atoms with Gasteiger partial charge in [-0.2, -0.15) is 0 Å². The number of carbonyl (C=O) groups excluding carboxylic acids is 1. The lowest BCUT2D eigenvalue weighted by atomic mass is 10.2. The van der Waals surface area contributed by atoms with Gasteiger partial charge in [0.05, 0.1) is 20.1 Å². The van der Waals surface area contributed by atoms with E-state index >= 15 is 0 Å². The maximum atomic E-state index is 10.8. The fourth-order valence-electron chi connectivity index (χ4n) is 1.10. The van der Waals surface area contributed by atoms with Crippen LogP contribution in [0.1, 0.15) is 13.3 Å². The molecule has 0 aromatic heterocycles. The summed E-state index contributed by atoms with van der Waals surface area (Å²) in [6, 6.07) is 0. The van der Waals surface area contributed by atoms with Gasteiger partial charge in [-0.25, -0.2) is 0 Å². The molecule has 1 N–H and O–H groups in total. The quantitative estimate of drug-likeness (QED) is 0.571. The highest BCUT2D eigenvalue weighted by Crippen LogP contribution is 2.15. The van der Waals surface area contributed by atoms with E-state index < -0.39 is 5.72 Å². The molecular formula is C7H13NO3. The maximum Gasteiger partial charge on any atom is 0.309 e. The number of methoxy groups -OCH3 is 1. The molecule has 1 heterocycles. The Kier molecular flexibility index (Phi) is 2.46. The molecule has 4 nitrogen and oxygen atoms in total. The summed E-state index contributed by atoms with van der Waals surface area (Å²) in [6.45, 7) is 3.30. The van der Waals surface area contributed by atoms with Crippen molar-refractivity contribution in [3.63, 3.8) is 0 Å². The summed E-state index contributed by atoms with van der Waals surface area (Å²) in [5, 5.41) is 3.08. The molecule has 0 spiro atoms. The number of esters is 1. The lowest BCUT2D eigenvalue weighted by Crippen LogP contribution is -2.40. The first-order valence-corrected chi connectivity index (χ1v) is 3.62. The van der Waals surface area contributed by atoms with Crippen molar-refractivity contribution in [1.82, 2.24) is 5.32 Å². The van der Waals surface area contributed by atoms with Crippen LogP contribution in [-0.4, -0.2) is 32.0 Å². The lowest BCUT2D eigenvalue weighted by Gasteiger charge is -2.21. The van der Waals surface area contributed by atoms with Crippen molar-refractivity contribution in [3.8, 4) is 0 Å². The summed E-state index contributed by atoms with van der Waals surface area (Å²) < 4.78 is 9.82. The monoisotopic (exact) mass is 159 g/mol. The maximum absolute atomic E-state index is 10.8. The zero-order valence-electron chi connectivity index (χ0n) is 6.85. The third-order valence-electron chi connectivity index (χ3n) is 1.73. The van der Waals surface area contributed by atoms with Crippen LogP contribution < -0.4 is 5.32 Å². The number of rotatable bonds is 2. The van der Waals surface area contributed by atoms with Gasteiger partial charge in [-0.3, -0.25) is 10.1 Å². The van der Waals surface area contributed by atoms with Crippen molar-refractivity contribution in [2.75, 3.05) is 20.3 Å². The van der Waals surface area contributed by atoms with Gasteiger partial charge < -0.3 is 9.47 Å². The molecule has 1 aliphatic rings. The van der Waals surface area contributed by atoms with Crippen LogP contribution in [0.5, 0.6) is 0 Å². The Hall–Kier alpha value is -0.610. The van der Waals surface area contributed by atoms with Crippen molar-refractivity contribution in [2.45, 2.75) is 19.1 Å². The standard InChI is InChI=1S/C7H13NO3/c1-7(5-6(9)10-2)8-3-4-11-7/h8H,3-5H2,1-2H3. The second-order valence-electron chi connectivity index (χ2n) is 2.76. The molecule has 4 heteroatoms. The van der Waals surface area contributed by atoms with Crippen LogP contribution in [0.15, 0.2) is 0 Å². The molecule has 1 atom stereocenters. The van der Waals surface area contributed by atoms with Crippen LogP contribution in [0, 0.1) is 0 Å². The smallest absolute Gasteiger partial charge is 0.309 e. The Morgan fingerprint density at radius 1 is 1.82 bits per heavy atom. The first kappa shape index (κ1) is 8.49. The number of hydrogen-bond acceptors (Lipinski definition) is 4. The lowest BCUT2D eigenvalue weighted by molar-refractivity contribution is -0.146. The molecule has 64 valence electrons. The van der Waals surface area contributed by atoms with Crippen LogP contribution in [0.4, 0.5) is 0 Å². The van der Waals surface area contributed by atoms with Gasteiger partial charge in [-0.15, -0.1) is 0 Å². The van der Waals surface area contributed by atoms with E-state index in [1.165, 1.54) is 7.11 Å². The number of carbonyl (C=O) groups is 1. The van der Waals surface area contributed by atoms with E-state index in [2.05, 4.69) is 10.1 Å². The third-order valence-corrected chi connectivity index (χ3v) is 1.73. The Morgan fingerprint density at radius 3 is 3.00 bits per heavy atom. The molecule has 0 amide bonds. The van der Waals surface area contributed by atoms with Crippen LogP contribution in [0.3, 0.4) is 0 Å². The average molecular weight is 159 g/mol. The SMILES string of the molecule is COC(=O)CC1(C)NCCO1. The van der Waals surface area contributed by atoms with Crippen molar-refractivity contribution in [3.05, 3.63) is 0 Å². The first-order chi connectivity index (χ1) is 5.16. The molecule has 1 aliphatic heterocycles. The van der Waals surface area contributed by atoms with E-state index in [1.54, 1.807) is 0 Å². The van der Waals surface area contributed by atoms with E-state index in [0.717, 1.165) is 6.54 Å². The van der Waals surface area contributed by atoms with Gasteiger partial charge in [0.1, 0.15) is 5.72 Å². The van der Waals surface area contributed by atoms with Gasteiger partial charge in [0, 0.05) is 6.54 Å². The zero-order chi connectivity index (χ0) is 8.32. The third kappa shape index (κ3) is 2.17. The van der Waals surface area contributed by atoms with Crippen LogP contribution >= 0.6 is 0 Å². The number of hydrogen-bond donors (Lipinski definition) is 1. The molecule has 0 aliphatic carbocycles. The largest absolute Gasteiger partial charge is 0.469 e. The van der Waals surface area contributed by atoms with Crippen molar-refractivity contribution in [2.24, 2.45) is 0 Å². The molecule has 11 heavy (non-hydrogen) atoms. The van der Waals surface area contributed by atoms with Crippen molar-refractivity contribution in [1.29, 1.82) is 0 Å². The molecule has 1 rings (SSSR count). The number of ether oxygens (including phenoxy) is 2. The van der Waals surface area contributed by atoms with E-state index in [0.29, 0.717) is 6.61 Å². The predicted molar refractivity (Wildman–Crippen MR) is 39.0 cm³/mol. The molecular weight excluding hydrogens is 146 g/mol. The highest BCUT2D eigenvalue weighted by molar-refractivity contribution is 5.70. The van der Waals surface area contributed by atoms with E-state index in [1.807, 2.05) is 6.92 Å². The van der Waals surface area contributed by atoms with Crippen LogP contribution in [-0.2, 0) is 14.3 Å². The molecule has 0 bridgehead atoms. The van der Waals surface area contributed by atoms with Gasteiger partial charge >= 0.3 is 5.97 Å². The summed E-state index contributed by atoms with van der Waals surface area (Å²) >= 11 is 0. The summed E-state index contributed by atoms with van der Waals surface area (Å²) in [6.07, 6.45) is 0.267. The van der Waals surface area contributed by atoms with Gasteiger partial charge in [0.15, 0.2) is 0 Å². The second kappa shape index (κ2) is 3.19. The van der Waals surface area contributed by atoms with Gasteiger partial charge in [-0.05, 0) is 6.92 Å². The predicted octanol–water partition coefficient (Wildman–Crippen LogP) is -0.115. The summed E-state index contributed by atoms with van der Waals surface area (Å²) in [5.41, 5.74) is -0.507. The van der Waals surface area contributed by atoms with Crippen molar-refractivity contribution < 1.29 is 14.3 Å². The molecule has 1 fully saturated rings. The molecule has 1 saturated heterocycles. The normalized spacial score (nSPS) is 30.4. The molecule has 0 aromatic carbocycles. The summed E-state index contributed by atoms with van der Waals surface area (Å²) in [5.74, 6) is -0.248. The van der Waals surface area contributed by atoms with E-state index in [9.17, 15) is 4.79 Å². The van der Waals surface area contributed by atoms with E-state index in [4.69, 9.17) is 4.74 Å². The Balaban J connectivity index is 2.39. The topological polar surface area (TPSA) is 47.6 Å². The second-order valence-corrected chi connectivity index (χ2v) is 2.76. The minimum absolute atomic E-state index is 0.248. The first-order valence-electron chi connectivity index (χ1n) is 3.62. The van der Waals surface area contributed by atoms with Crippen LogP contribution in [0.25, 0.3) is 0 Å². The number of nitrogens with one attached hydrogen (secondary N) is 1. The molecule has 0 saturated carbocycles. The molecule has 0 radical (unpaired) electrons. The van der Waals surface area contributed by atoms with Crippen molar-refractivity contribution >= 4 is 5.97 Å². The fourth-order valence-corrected chi connectivity index (χ4v) is 1.10. The minimum Gasteiger partial charge on any atom is -0.469 e. The van der Waals surface area contributed by atoms with Gasteiger partial charge in [0.2, 0.25) is 0 Å². The zero-order valence-corrected chi connectivity index (χ0v) is 6.85. The summed E-state index contributed by atoms with van der Waals surface area (Å²) in [4.78, 5) is 10.8. The summed E-state index contributed by atoms with van der Waals surface area (Å²) in [7, 11) is 1.38. The Labute approximate surface area is 65.9 Å². The highest BCUT2D eigenvalue weighted by atomic mass is 16.5.